The van der Waals surface area contributed by atoms with E-state index in [0.29, 0.717) is 27.8 Å². The lowest BCUT2D eigenvalue weighted by atomic mass is 9.81. The van der Waals surface area contributed by atoms with E-state index in [1.807, 2.05) is 121 Å². The van der Waals surface area contributed by atoms with Crippen molar-refractivity contribution in [2.75, 3.05) is 0 Å². The summed E-state index contributed by atoms with van der Waals surface area (Å²) in [6, 6.07) is 40.5. The van der Waals surface area contributed by atoms with E-state index in [1.54, 1.807) is 0 Å². The first-order valence-electron chi connectivity index (χ1n) is 20.9. The molecular formula is C50H30O. The first kappa shape index (κ1) is 21.4. The second kappa shape index (κ2) is 10.9. The molecule has 0 saturated heterocycles. The fraction of sp³-hybridized carbons (Fsp3) is 0. The van der Waals surface area contributed by atoms with Gasteiger partial charge in [0.1, 0.15) is 11.2 Å². The Kier molecular flexibility index (Phi) is 4.57. The first-order valence-corrected chi connectivity index (χ1v) is 16.9. The number of hydrogen-bond donors (Lipinski definition) is 0. The molecule has 1 aromatic heterocycles. The summed E-state index contributed by atoms with van der Waals surface area (Å²) in [5, 5.41) is 8.08. The van der Waals surface area contributed by atoms with E-state index in [-0.39, 0.29) is 45.7 Å². The summed E-state index contributed by atoms with van der Waals surface area (Å²) in [6.07, 6.45) is 0. The Morgan fingerprint density at radius 3 is 1.71 bits per heavy atom. The maximum absolute atomic E-state index is 9.63. The molecule has 11 rings (SSSR count). The van der Waals surface area contributed by atoms with Crippen LogP contribution in [0.2, 0.25) is 0 Å². The van der Waals surface area contributed by atoms with Crippen molar-refractivity contribution in [2.24, 2.45) is 0 Å². The van der Waals surface area contributed by atoms with E-state index in [9.17, 15) is 5.48 Å². The van der Waals surface area contributed by atoms with Crippen LogP contribution in [0, 0.1) is 0 Å². The SMILES string of the molecule is [2H]c1c([2H])c([2H])c2c(-c3ccc4ccccc4c3-c3cccc4oc5c6ccccc6ccc5c34)c3c([2H])c([2H])c([2H])c([2H])c3c(-c3ccc4ccccc4c3)c2c1[2H]. The molecule has 0 radical (unpaired) electrons. The highest BCUT2D eigenvalue weighted by Gasteiger charge is 2.23. The third-order valence-electron chi connectivity index (χ3n) is 10.3. The summed E-state index contributed by atoms with van der Waals surface area (Å²) in [7, 11) is 0. The Morgan fingerprint density at radius 2 is 0.961 bits per heavy atom. The lowest BCUT2D eigenvalue weighted by Crippen LogP contribution is -1.94. The minimum absolute atomic E-state index is 0.170. The lowest BCUT2D eigenvalue weighted by Gasteiger charge is -2.21. The van der Waals surface area contributed by atoms with E-state index in [1.165, 1.54) is 0 Å². The molecule has 236 valence electrons. The Balaban J connectivity index is 1.39. The van der Waals surface area contributed by atoms with Gasteiger partial charge in [0.15, 0.2) is 0 Å². The van der Waals surface area contributed by atoms with Gasteiger partial charge < -0.3 is 4.42 Å². The fourth-order valence-electron chi connectivity index (χ4n) is 8.06. The van der Waals surface area contributed by atoms with Gasteiger partial charge in [0.25, 0.3) is 0 Å². The van der Waals surface area contributed by atoms with Crippen LogP contribution in [0.4, 0.5) is 0 Å². The number of hydrogen-bond acceptors (Lipinski definition) is 1. The molecule has 0 atom stereocenters. The lowest BCUT2D eigenvalue weighted by molar-refractivity contribution is 0.673. The Morgan fingerprint density at radius 1 is 0.373 bits per heavy atom. The van der Waals surface area contributed by atoms with Gasteiger partial charge in [0, 0.05) is 16.2 Å². The molecule has 0 aliphatic rings. The van der Waals surface area contributed by atoms with Crippen LogP contribution in [0.15, 0.2) is 186 Å². The highest BCUT2D eigenvalue weighted by Crippen LogP contribution is 2.50. The number of benzene rings is 10. The molecule has 51 heavy (non-hydrogen) atoms. The minimum atomic E-state index is -0.439. The zero-order valence-electron chi connectivity index (χ0n) is 35.1. The standard InChI is InChI=1S/C50H30O/c1-2-15-34-30-35(25-24-31(34)12-1)46-38-18-7-9-20-40(38)48(41-21-10-8-19-39(41)46)43-28-26-32-13-3-5-16-36(32)47(43)42-22-11-23-45-49(42)44-29-27-33-14-4-6-17-37(33)50(44)51-45/h1-30H/i7D,8D,9D,10D,18D,19D,20D,21D. The smallest absolute Gasteiger partial charge is 0.143 e. The summed E-state index contributed by atoms with van der Waals surface area (Å²) in [5.74, 6) is 0. The summed E-state index contributed by atoms with van der Waals surface area (Å²) in [4.78, 5) is 0. The molecule has 0 bridgehead atoms. The van der Waals surface area contributed by atoms with Gasteiger partial charge in [-0.1, -0.05) is 164 Å². The van der Waals surface area contributed by atoms with Gasteiger partial charge in [-0.15, -0.1) is 0 Å². The zero-order chi connectivity index (χ0) is 40.4. The van der Waals surface area contributed by atoms with Gasteiger partial charge in [-0.3, -0.25) is 0 Å². The highest BCUT2D eigenvalue weighted by atomic mass is 16.3. The largest absolute Gasteiger partial charge is 0.455 e. The molecule has 0 unspecified atom stereocenters. The molecule has 0 N–H and O–H groups in total. The van der Waals surface area contributed by atoms with E-state index >= 15 is 0 Å². The molecule has 0 saturated carbocycles. The van der Waals surface area contributed by atoms with Crippen LogP contribution in [0.1, 0.15) is 11.0 Å². The molecule has 1 heteroatoms. The van der Waals surface area contributed by atoms with Crippen LogP contribution in [0.25, 0.3) is 109 Å². The second-order valence-corrected chi connectivity index (χ2v) is 13.0. The van der Waals surface area contributed by atoms with Gasteiger partial charge >= 0.3 is 0 Å². The summed E-state index contributed by atoms with van der Waals surface area (Å²) < 4.78 is 80.9. The van der Waals surface area contributed by atoms with Gasteiger partial charge in [-0.25, -0.2) is 0 Å². The van der Waals surface area contributed by atoms with Crippen LogP contribution in [-0.2, 0) is 0 Å². The monoisotopic (exact) mass is 654 g/mol. The maximum atomic E-state index is 9.63. The predicted molar refractivity (Wildman–Crippen MR) is 218 cm³/mol. The van der Waals surface area contributed by atoms with Crippen LogP contribution >= 0.6 is 0 Å². The summed E-state index contributed by atoms with van der Waals surface area (Å²) >= 11 is 0. The normalized spacial score (nSPS) is 14.1. The Labute approximate surface area is 305 Å². The Hall–Kier alpha value is -6.70. The zero-order valence-corrected chi connectivity index (χ0v) is 27.1. The molecule has 0 spiro atoms. The fourth-order valence-corrected chi connectivity index (χ4v) is 8.06. The summed E-state index contributed by atoms with van der Waals surface area (Å²) in [6.45, 7) is 0. The van der Waals surface area contributed by atoms with Crippen molar-refractivity contribution < 1.29 is 15.4 Å². The predicted octanol–water partition coefficient (Wildman–Crippen LogP) is 14.4. The number of fused-ring (bicyclic) bond motifs is 9. The van der Waals surface area contributed by atoms with Crippen LogP contribution in [-0.4, -0.2) is 0 Å². The molecule has 11 aromatic rings. The van der Waals surface area contributed by atoms with E-state index < -0.39 is 24.2 Å². The molecular weight excluding hydrogens is 617 g/mol. The van der Waals surface area contributed by atoms with Crippen molar-refractivity contribution in [3.05, 3.63) is 182 Å². The molecule has 10 aromatic carbocycles. The number of furan rings is 1. The highest BCUT2D eigenvalue weighted by molar-refractivity contribution is 6.26. The van der Waals surface area contributed by atoms with Crippen molar-refractivity contribution in [2.45, 2.75) is 0 Å². The van der Waals surface area contributed by atoms with Gasteiger partial charge in [0.2, 0.25) is 0 Å². The third kappa shape index (κ3) is 4.16. The first-order chi connectivity index (χ1) is 28.6. The van der Waals surface area contributed by atoms with Crippen molar-refractivity contribution in [3.63, 3.8) is 0 Å². The quantitative estimate of drug-likeness (QED) is 0.173. The molecule has 0 aliphatic heterocycles. The van der Waals surface area contributed by atoms with Crippen LogP contribution in [0.3, 0.4) is 0 Å². The molecule has 0 fully saturated rings. The molecule has 1 nitrogen and oxygen atoms in total. The number of rotatable bonds is 3. The third-order valence-corrected chi connectivity index (χ3v) is 10.3. The maximum Gasteiger partial charge on any atom is 0.143 e. The average molecular weight is 655 g/mol. The van der Waals surface area contributed by atoms with Crippen molar-refractivity contribution in [3.8, 4) is 33.4 Å². The molecule has 1 heterocycles. The van der Waals surface area contributed by atoms with Gasteiger partial charge in [-0.2, -0.15) is 0 Å². The van der Waals surface area contributed by atoms with E-state index in [0.717, 1.165) is 59.8 Å². The minimum Gasteiger partial charge on any atom is -0.455 e. The van der Waals surface area contributed by atoms with Gasteiger partial charge in [-0.05, 0) is 100 Å². The van der Waals surface area contributed by atoms with Crippen LogP contribution in [0.5, 0.6) is 0 Å². The topological polar surface area (TPSA) is 13.1 Å². The van der Waals surface area contributed by atoms with Crippen LogP contribution < -0.4 is 0 Å². The Bertz CT molecular complexity index is 3580. The summed E-state index contributed by atoms with van der Waals surface area (Å²) in [5.41, 5.74) is 4.71. The van der Waals surface area contributed by atoms with Crippen molar-refractivity contribution in [1.29, 1.82) is 0 Å². The van der Waals surface area contributed by atoms with Gasteiger partial charge in [0.05, 0.1) is 11.0 Å². The van der Waals surface area contributed by atoms with Crippen molar-refractivity contribution in [1.82, 2.24) is 0 Å². The second-order valence-electron chi connectivity index (χ2n) is 13.0. The molecule has 0 aliphatic carbocycles. The molecule has 0 amide bonds. The van der Waals surface area contributed by atoms with E-state index in [2.05, 4.69) is 12.1 Å². The van der Waals surface area contributed by atoms with Crippen molar-refractivity contribution >= 4 is 75.8 Å². The van der Waals surface area contributed by atoms with E-state index in [4.69, 9.17) is 9.90 Å². The average Bonchev–Trinajstić information content (AvgIpc) is 3.67.